The Morgan fingerprint density at radius 1 is 1.25 bits per heavy atom. The Hall–Kier alpha value is -1.89. The molecule has 0 aliphatic heterocycles. The van der Waals surface area contributed by atoms with Crippen molar-refractivity contribution in [2.45, 2.75) is 26.2 Å². The van der Waals surface area contributed by atoms with Gasteiger partial charge in [0.1, 0.15) is 5.82 Å². The molecule has 0 aliphatic rings. The molecule has 124 valence electrons. The molecule has 0 saturated heterocycles. The Morgan fingerprint density at radius 2 is 2.04 bits per heavy atom. The van der Waals surface area contributed by atoms with Gasteiger partial charge in [-0.1, -0.05) is 0 Å². The van der Waals surface area contributed by atoms with Gasteiger partial charge in [-0.2, -0.15) is 0 Å². The monoisotopic (exact) mass is 437 g/mol. The molecule has 1 N–H and O–H groups in total. The lowest BCUT2D eigenvalue weighted by Gasteiger charge is -2.07. The van der Waals surface area contributed by atoms with Crippen LogP contribution in [0.1, 0.15) is 24.0 Å². The number of carboxylic acid groups (broad SMARTS) is 1. The summed E-state index contributed by atoms with van der Waals surface area (Å²) in [5, 5.41) is 9.97. The first-order valence-corrected chi connectivity index (χ1v) is 8.81. The standard InChI is InChI=1S/C19H17FINO2/c1-12-9-15(6-7-17(12)20)22-11-13(3-2-4-19(23)24)16-10-14(21)5-8-18(16)22/h5-11H,2-4H2,1H3,(H,23,24). The molecule has 0 atom stereocenters. The van der Waals surface area contributed by atoms with E-state index in [4.69, 9.17) is 5.11 Å². The molecule has 0 radical (unpaired) electrons. The van der Waals surface area contributed by atoms with Crippen LogP contribution in [0.5, 0.6) is 0 Å². The van der Waals surface area contributed by atoms with Gasteiger partial charge in [0.15, 0.2) is 0 Å². The summed E-state index contributed by atoms with van der Waals surface area (Å²) in [7, 11) is 0. The van der Waals surface area contributed by atoms with Gasteiger partial charge in [-0.3, -0.25) is 4.79 Å². The van der Waals surface area contributed by atoms with Gasteiger partial charge in [-0.25, -0.2) is 4.39 Å². The molecule has 3 rings (SSSR count). The first-order chi connectivity index (χ1) is 11.5. The molecule has 3 nitrogen and oxygen atoms in total. The van der Waals surface area contributed by atoms with Crippen molar-refractivity contribution in [1.82, 2.24) is 4.57 Å². The number of aryl methyl sites for hydroxylation is 2. The maximum atomic E-state index is 13.6. The predicted octanol–water partition coefficient (Wildman–Crippen LogP) is 5.09. The highest BCUT2D eigenvalue weighted by atomic mass is 127. The largest absolute Gasteiger partial charge is 0.481 e. The number of hydrogen-bond donors (Lipinski definition) is 1. The number of carboxylic acids is 1. The van der Waals surface area contributed by atoms with Crippen molar-refractivity contribution in [1.29, 1.82) is 0 Å². The van der Waals surface area contributed by atoms with Crippen LogP contribution < -0.4 is 0 Å². The predicted molar refractivity (Wildman–Crippen MR) is 101 cm³/mol. The molecule has 0 spiro atoms. The van der Waals surface area contributed by atoms with Crippen LogP contribution >= 0.6 is 22.6 Å². The Balaban J connectivity index is 2.07. The first kappa shape index (κ1) is 17.0. The lowest BCUT2D eigenvalue weighted by atomic mass is 10.1. The number of aliphatic carboxylic acids is 1. The SMILES string of the molecule is Cc1cc(-n2cc(CCCC(=O)O)c3cc(I)ccc32)ccc1F. The van der Waals surface area contributed by atoms with Crippen LogP contribution in [0.15, 0.2) is 42.6 Å². The van der Waals surface area contributed by atoms with Gasteiger partial charge in [0.2, 0.25) is 0 Å². The van der Waals surface area contributed by atoms with E-state index in [9.17, 15) is 9.18 Å². The minimum absolute atomic E-state index is 0.159. The Kier molecular flexibility index (Phi) is 4.89. The highest BCUT2D eigenvalue weighted by Gasteiger charge is 2.12. The summed E-state index contributed by atoms with van der Waals surface area (Å²) in [5.74, 6) is -0.992. The van der Waals surface area contributed by atoms with Crippen LogP contribution in [0.4, 0.5) is 4.39 Å². The summed E-state index contributed by atoms with van der Waals surface area (Å²) in [6, 6.07) is 11.3. The third kappa shape index (κ3) is 3.45. The summed E-state index contributed by atoms with van der Waals surface area (Å²) >= 11 is 2.27. The lowest BCUT2D eigenvalue weighted by Crippen LogP contribution is -1.96. The molecule has 1 aromatic heterocycles. The zero-order valence-corrected chi connectivity index (χ0v) is 15.4. The van der Waals surface area contributed by atoms with E-state index in [1.165, 1.54) is 6.07 Å². The van der Waals surface area contributed by atoms with E-state index in [0.29, 0.717) is 18.4 Å². The fraction of sp³-hybridized carbons (Fsp3) is 0.211. The quantitative estimate of drug-likeness (QED) is 0.566. The fourth-order valence-corrected chi connectivity index (χ4v) is 3.38. The van der Waals surface area contributed by atoms with Crippen LogP contribution in [0.3, 0.4) is 0 Å². The molecule has 0 bridgehead atoms. The van der Waals surface area contributed by atoms with Gasteiger partial charge in [-0.05, 0) is 89.9 Å². The second-order valence-corrected chi connectivity index (χ2v) is 7.11. The molecule has 0 unspecified atom stereocenters. The lowest BCUT2D eigenvalue weighted by molar-refractivity contribution is -0.137. The summed E-state index contributed by atoms with van der Waals surface area (Å²) in [4.78, 5) is 10.8. The molecule has 2 aromatic carbocycles. The van der Waals surface area contributed by atoms with Crippen molar-refractivity contribution in [2.24, 2.45) is 0 Å². The van der Waals surface area contributed by atoms with Gasteiger partial charge >= 0.3 is 5.97 Å². The molecule has 5 heteroatoms. The number of carbonyl (C=O) groups is 1. The molecular weight excluding hydrogens is 420 g/mol. The summed E-state index contributed by atoms with van der Waals surface area (Å²) in [5.41, 5.74) is 3.68. The maximum Gasteiger partial charge on any atom is 0.303 e. The van der Waals surface area contributed by atoms with E-state index in [1.54, 1.807) is 13.0 Å². The molecule has 0 aliphatic carbocycles. The van der Waals surface area contributed by atoms with Crippen molar-refractivity contribution in [3.05, 3.63) is 63.1 Å². The summed E-state index contributed by atoms with van der Waals surface area (Å²) < 4.78 is 16.7. The second-order valence-electron chi connectivity index (χ2n) is 5.87. The van der Waals surface area contributed by atoms with Crippen molar-refractivity contribution in [3.8, 4) is 5.69 Å². The van der Waals surface area contributed by atoms with E-state index in [1.807, 2.05) is 22.9 Å². The molecule has 0 fully saturated rings. The van der Waals surface area contributed by atoms with Gasteiger partial charge < -0.3 is 9.67 Å². The van der Waals surface area contributed by atoms with Crippen LogP contribution in [0, 0.1) is 16.3 Å². The average molecular weight is 437 g/mol. The molecule has 0 amide bonds. The van der Waals surface area contributed by atoms with Gasteiger partial charge in [0.05, 0.1) is 5.52 Å². The van der Waals surface area contributed by atoms with Crippen LogP contribution in [-0.4, -0.2) is 15.6 Å². The third-order valence-corrected chi connectivity index (χ3v) is 4.78. The highest BCUT2D eigenvalue weighted by molar-refractivity contribution is 14.1. The molecule has 3 aromatic rings. The van der Waals surface area contributed by atoms with Gasteiger partial charge in [0, 0.05) is 27.3 Å². The number of rotatable bonds is 5. The zero-order valence-electron chi connectivity index (χ0n) is 13.2. The van der Waals surface area contributed by atoms with E-state index >= 15 is 0 Å². The van der Waals surface area contributed by atoms with Crippen molar-refractivity contribution in [3.63, 3.8) is 0 Å². The first-order valence-electron chi connectivity index (χ1n) is 7.73. The number of benzene rings is 2. The topological polar surface area (TPSA) is 42.2 Å². The molecular formula is C19H17FINO2. The van der Waals surface area contributed by atoms with Crippen LogP contribution in [0.2, 0.25) is 0 Å². The molecule has 1 heterocycles. The number of fused-ring (bicyclic) bond motifs is 1. The van der Waals surface area contributed by atoms with Crippen molar-refractivity contribution < 1.29 is 14.3 Å². The molecule has 0 saturated carbocycles. The second kappa shape index (κ2) is 6.93. The third-order valence-electron chi connectivity index (χ3n) is 4.11. The normalized spacial score (nSPS) is 11.1. The minimum atomic E-state index is -0.775. The van der Waals surface area contributed by atoms with Crippen LogP contribution in [0.25, 0.3) is 16.6 Å². The fourth-order valence-electron chi connectivity index (χ4n) is 2.89. The minimum Gasteiger partial charge on any atom is -0.481 e. The Bertz CT molecular complexity index is 917. The summed E-state index contributed by atoms with van der Waals surface area (Å²) in [6.07, 6.45) is 3.50. The van der Waals surface area contributed by atoms with Gasteiger partial charge in [-0.15, -0.1) is 0 Å². The number of aromatic nitrogens is 1. The number of halogens is 2. The zero-order chi connectivity index (χ0) is 17.3. The Labute approximate surface area is 153 Å². The van der Waals surface area contributed by atoms with E-state index in [-0.39, 0.29) is 12.2 Å². The van der Waals surface area contributed by atoms with E-state index in [0.717, 1.165) is 25.7 Å². The Morgan fingerprint density at radius 3 is 2.75 bits per heavy atom. The van der Waals surface area contributed by atoms with Crippen molar-refractivity contribution in [2.75, 3.05) is 0 Å². The number of nitrogens with zero attached hydrogens (tertiary/aromatic N) is 1. The maximum absolute atomic E-state index is 13.6. The average Bonchev–Trinajstić information content (AvgIpc) is 2.88. The highest BCUT2D eigenvalue weighted by Crippen LogP contribution is 2.28. The van der Waals surface area contributed by atoms with Crippen molar-refractivity contribution >= 4 is 39.5 Å². The van der Waals surface area contributed by atoms with E-state index < -0.39 is 5.97 Å². The van der Waals surface area contributed by atoms with Crippen LogP contribution in [-0.2, 0) is 11.2 Å². The molecule has 24 heavy (non-hydrogen) atoms. The van der Waals surface area contributed by atoms with Gasteiger partial charge in [0.25, 0.3) is 0 Å². The number of hydrogen-bond acceptors (Lipinski definition) is 1. The van der Waals surface area contributed by atoms with E-state index in [2.05, 4.69) is 34.7 Å². The summed E-state index contributed by atoms with van der Waals surface area (Å²) in [6.45, 7) is 1.75. The smallest absolute Gasteiger partial charge is 0.303 e.